The highest BCUT2D eigenvalue weighted by Crippen LogP contribution is 2.11. The third-order valence-electron chi connectivity index (χ3n) is 1.11. The Morgan fingerprint density at radius 3 is 2.78 bits per heavy atom. The van der Waals surface area contributed by atoms with Crippen molar-refractivity contribution in [2.75, 3.05) is 0 Å². The molecule has 2 heteroatoms. The molecule has 2 N–H and O–H groups in total. The van der Waals surface area contributed by atoms with E-state index >= 15 is 0 Å². The van der Waals surface area contributed by atoms with Gasteiger partial charge in [0.15, 0.2) is 0 Å². The normalized spacial score (nSPS) is 18.3. The Morgan fingerprint density at radius 1 is 1.33 bits per heavy atom. The maximum Gasteiger partial charge on any atom is 0.0632 e. The zero-order valence-corrected chi connectivity index (χ0v) is 5.73. The number of allylic oxidation sites excluding steroid dienone is 5. The Hall–Kier alpha value is -0.690. The van der Waals surface area contributed by atoms with Crippen LogP contribution in [0.1, 0.15) is 6.42 Å². The molecule has 0 aromatic heterocycles. The second-order valence-electron chi connectivity index (χ2n) is 1.84. The van der Waals surface area contributed by atoms with Crippen molar-refractivity contribution in [2.45, 2.75) is 6.42 Å². The van der Waals surface area contributed by atoms with E-state index in [-0.39, 0.29) is 0 Å². The van der Waals surface area contributed by atoms with Crippen LogP contribution in [0.4, 0.5) is 0 Å². The van der Waals surface area contributed by atoms with Crippen molar-refractivity contribution in [3.63, 3.8) is 0 Å². The van der Waals surface area contributed by atoms with Crippen LogP contribution in [-0.4, -0.2) is 0 Å². The molecule has 0 aliphatic heterocycles. The van der Waals surface area contributed by atoms with Crippen LogP contribution in [-0.2, 0) is 0 Å². The Labute approximate surface area is 59.5 Å². The molecule has 0 spiro atoms. The molecule has 1 nitrogen and oxygen atoms in total. The van der Waals surface area contributed by atoms with Gasteiger partial charge >= 0.3 is 0 Å². The van der Waals surface area contributed by atoms with Gasteiger partial charge in [0.25, 0.3) is 0 Å². The van der Waals surface area contributed by atoms with E-state index in [2.05, 4.69) is 0 Å². The van der Waals surface area contributed by atoms with Gasteiger partial charge in [-0.05, 0) is 18.6 Å². The topological polar surface area (TPSA) is 26.0 Å². The smallest absolute Gasteiger partial charge is 0.0632 e. The predicted octanol–water partition coefficient (Wildman–Crippen LogP) is 1.91. The highest BCUT2D eigenvalue weighted by molar-refractivity contribution is 6.31. The second kappa shape index (κ2) is 2.74. The Kier molecular flexibility index (Phi) is 1.96. The minimum atomic E-state index is 0.628. The van der Waals surface area contributed by atoms with Crippen LogP contribution in [0.2, 0.25) is 0 Å². The first-order chi connectivity index (χ1) is 4.30. The lowest BCUT2D eigenvalue weighted by molar-refractivity contribution is 1.38. The molecular weight excluding hydrogens is 134 g/mol. The van der Waals surface area contributed by atoms with E-state index in [1.54, 1.807) is 0 Å². The standard InChI is InChI=1S/C7H8ClN/c8-6-4-2-1-3-5-7(6)9/h2-5H,1,9H2. The van der Waals surface area contributed by atoms with E-state index in [9.17, 15) is 0 Å². The summed E-state index contributed by atoms with van der Waals surface area (Å²) in [6, 6.07) is 0. The summed E-state index contributed by atoms with van der Waals surface area (Å²) in [4.78, 5) is 0. The predicted molar refractivity (Wildman–Crippen MR) is 40.0 cm³/mol. The molecule has 0 saturated carbocycles. The van der Waals surface area contributed by atoms with Gasteiger partial charge in [-0.3, -0.25) is 0 Å². The minimum absolute atomic E-state index is 0.628. The molecule has 48 valence electrons. The lowest BCUT2D eigenvalue weighted by atomic mass is 10.4. The monoisotopic (exact) mass is 141 g/mol. The first-order valence-corrected chi connectivity index (χ1v) is 3.17. The summed E-state index contributed by atoms with van der Waals surface area (Å²) in [5, 5.41) is 0.628. The molecule has 0 bridgehead atoms. The van der Waals surface area contributed by atoms with Crippen molar-refractivity contribution < 1.29 is 0 Å². The molecule has 0 radical (unpaired) electrons. The zero-order valence-electron chi connectivity index (χ0n) is 4.97. The van der Waals surface area contributed by atoms with Gasteiger partial charge in [0.2, 0.25) is 0 Å². The summed E-state index contributed by atoms with van der Waals surface area (Å²) >= 11 is 5.69. The summed E-state index contributed by atoms with van der Waals surface area (Å²) in [6.07, 6.45) is 8.50. The molecule has 9 heavy (non-hydrogen) atoms. The third kappa shape index (κ3) is 1.61. The van der Waals surface area contributed by atoms with Gasteiger partial charge in [-0.2, -0.15) is 0 Å². The molecule has 0 unspecified atom stereocenters. The van der Waals surface area contributed by atoms with E-state index in [1.165, 1.54) is 0 Å². The number of hydrogen-bond donors (Lipinski definition) is 1. The molecule has 0 heterocycles. The van der Waals surface area contributed by atoms with Crippen molar-refractivity contribution >= 4 is 11.6 Å². The average molecular weight is 142 g/mol. The van der Waals surface area contributed by atoms with Gasteiger partial charge in [0.05, 0.1) is 5.03 Å². The summed E-state index contributed by atoms with van der Waals surface area (Å²) in [7, 11) is 0. The van der Waals surface area contributed by atoms with Crippen molar-refractivity contribution in [1.29, 1.82) is 0 Å². The van der Waals surface area contributed by atoms with E-state index in [0.717, 1.165) is 6.42 Å². The van der Waals surface area contributed by atoms with Crippen molar-refractivity contribution in [2.24, 2.45) is 5.73 Å². The molecular formula is C7H8ClN. The molecule has 1 rings (SSSR count). The van der Waals surface area contributed by atoms with Gasteiger partial charge in [-0.1, -0.05) is 23.8 Å². The number of halogens is 1. The Balaban J connectivity index is 2.90. The molecule has 1 aliphatic carbocycles. The van der Waals surface area contributed by atoms with Gasteiger partial charge in [0.1, 0.15) is 0 Å². The van der Waals surface area contributed by atoms with Crippen molar-refractivity contribution in [3.8, 4) is 0 Å². The van der Waals surface area contributed by atoms with E-state index in [0.29, 0.717) is 10.7 Å². The van der Waals surface area contributed by atoms with Gasteiger partial charge in [-0.15, -0.1) is 0 Å². The van der Waals surface area contributed by atoms with Crippen molar-refractivity contribution in [3.05, 3.63) is 35.0 Å². The van der Waals surface area contributed by atoms with E-state index in [4.69, 9.17) is 17.3 Å². The van der Waals surface area contributed by atoms with Crippen LogP contribution in [0, 0.1) is 0 Å². The van der Waals surface area contributed by atoms with Crippen LogP contribution in [0.25, 0.3) is 0 Å². The minimum Gasteiger partial charge on any atom is -0.398 e. The highest BCUT2D eigenvalue weighted by atomic mass is 35.5. The Bertz CT molecular complexity index is 169. The highest BCUT2D eigenvalue weighted by Gasteiger charge is 1.93. The summed E-state index contributed by atoms with van der Waals surface area (Å²) in [5.41, 5.74) is 6.13. The molecule has 0 aromatic rings. The third-order valence-corrected chi connectivity index (χ3v) is 1.45. The summed E-state index contributed by atoms with van der Waals surface area (Å²) in [5.74, 6) is 0. The molecule has 0 saturated heterocycles. The second-order valence-corrected chi connectivity index (χ2v) is 2.25. The number of rotatable bonds is 0. The van der Waals surface area contributed by atoms with Crippen LogP contribution in [0.5, 0.6) is 0 Å². The van der Waals surface area contributed by atoms with Gasteiger partial charge in [-0.25, -0.2) is 0 Å². The van der Waals surface area contributed by atoms with E-state index < -0.39 is 0 Å². The molecule has 0 aromatic carbocycles. The zero-order chi connectivity index (χ0) is 6.69. The lowest BCUT2D eigenvalue weighted by Crippen LogP contribution is -1.93. The SMILES string of the molecule is NC1=C(Cl)C=CCC=C1. The summed E-state index contributed by atoms with van der Waals surface area (Å²) in [6.45, 7) is 0. The Morgan fingerprint density at radius 2 is 2.00 bits per heavy atom. The van der Waals surface area contributed by atoms with Crippen LogP contribution < -0.4 is 5.73 Å². The van der Waals surface area contributed by atoms with Gasteiger partial charge < -0.3 is 5.73 Å². The van der Waals surface area contributed by atoms with E-state index in [1.807, 2.05) is 24.3 Å². The molecule has 1 aliphatic rings. The van der Waals surface area contributed by atoms with Crippen LogP contribution >= 0.6 is 11.6 Å². The maximum absolute atomic E-state index is 5.69. The molecule has 0 amide bonds. The largest absolute Gasteiger partial charge is 0.398 e. The maximum atomic E-state index is 5.69. The average Bonchev–Trinajstić information content (AvgIpc) is 1.99. The summed E-state index contributed by atoms with van der Waals surface area (Å²) < 4.78 is 0. The van der Waals surface area contributed by atoms with Crippen LogP contribution in [0.3, 0.4) is 0 Å². The molecule has 0 fully saturated rings. The molecule has 0 atom stereocenters. The van der Waals surface area contributed by atoms with Gasteiger partial charge in [0, 0.05) is 5.70 Å². The first-order valence-electron chi connectivity index (χ1n) is 2.79. The van der Waals surface area contributed by atoms with Crippen molar-refractivity contribution in [1.82, 2.24) is 0 Å². The fourth-order valence-corrected chi connectivity index (χ4v) is 0.773. The van der Waals surface area contributed by atoms with Crippen LogP contribution in [0.15, 0.2) is 35.0 Å². The lowest BCUT2D eigenvalue weighted by Gasteiger charge is -1.90. The number of nitrogens with two attached hydrogens (primary N) is 1. The fraction of sp³-hybridized carbons (Fsp3) is 0.143. The number of hydrogen-bond acceptors (Lipinski definition) is 1. The quantitative estimate of drug-likeness (QED) is 0.548. The first kappa shape index (κ1) is 6.43. The fourth-order valence-electron chi connectivity index (χ4n) is 0.621.